The lowest BCUT2D eigenvalue weighted by Crippen LogP contribution is -2.47. The minimum Gasteiger partial charge on any atom is -0.392 e. The molecule has 3 saturated carbocycles. The van der Waals surface area contributed by atoms with Gasteiger partial charge in [0.2, 0.25) is 0 Å². The van der Waals surface area contributed by atoms with Gasteiger partial charge in [0.15, 0.2) is 5.78 Å². The largest absolute Gasteiger partial charge is 0.392 e. The Morgan fingerprint density at radius 1 is 1.19 bits per heavy atom. The van der Waals surface area contributed by atoms with E-state index in [4.69, 9.17) is 0 Å². The first-order valence-electron chi connectivity index (χ1n) is 8.92. The van der Waals surface area contributed by atoms with Gasteiger partial charge in [-0.05, 0) is 79.6 Å². The van der Waals surface area contributed by atoms with Crippen LogP contribution in [0.25, 0.3) is 0 Å². The van der Waals surface area contributed by atoms with Crippen molar-refractivity contribution in [1.29, 1.82) is 0 Å². The molecule has 0 aliphatic heterocycles. The van der Waals surface area contributed by atoms with Crippen LogP contribution in [0, 0.1) is 35.0 Å². The minimum absolute atomic E-state index is 0.103. The van der Waals surface area contributed by atoms with Crippen LogP contribution < -0.4 is 0 Å². The van der Waals surface area contributed by atoms with Crippen molar-refractivity contribution in [3.8, 4) is 0 Å². The van der Waals surface area contributed by atoms with E-state index in [0.29, 0.717) is 23.5 Å². The average molecular weight is 288 g/mol. The van der Waals surface area contributed by atoms with E-state index in [1.165, 1.54) is 31.3 Å². The minimum atomic E-state index is -0.103. The van der Waals surface area contributed by atoms with Crippen LogP contribution in [0.2, 0.25) is 0 Å². The van der Waals surface area contributed by atoms with Gasteiger partial charge in [0.05, 0.1) is 6.10 Å². The van der Waals surface area contributed by atoms with Crippen molar-refractivity contribution >= 4 is 5.78 Å². The number of carbonyl (C=O) groups excluding carboxylic acids is 1. The van der Waals surface area contributed by atoms with Crippen LogP contribution in [0.4, 0.5) is 0 Å². The zero-order chi connectivity index (χ0) is 14.8. The summed E-state index contributed by atoms with van der Waals surface area (Å²) in [6.07, 6.45) is 9.77. The van der Waals surface area contributed by atoms with Gasteiger partial charge < -0.3 is 5.11 Å². The van der Waals surface area contributed by atoms with E-state index in [2.05, 4.69) is 13.8 Å². The first-order chi connectivity index (χ1) is 10.0. The van der Waals surface area contributed by atoms with E-state index >= 15 is 0 Å². The Bertz CT molecular complexity index is 494. The Morgan fingerprint density at radius 3 is 2.81 bits per heavy atom. The molecule has 21 heavy (non-hydrogen) atoms. The molecule has 116 valence electrons. The number of allylic oxidation sites excluding steroid dienone is 1. The Kier molecular flexibility index (Phi) is 3.12. The van der Waals surface area contributed by atoms with E-state index < -0.39 is 0 Å². The van der Waals surface area contributed by atoms with Crippen molar-refractivity contribution in [3.63, 3.8) is 0 Å². The highest BCUT2D eigenvalue weighted by atomic mass is 16.3. The van der Waals surface area contributed by atoms with Gasteiger partial charge in [-0.15, -0.1) is 0 Å². The lowest BCUT2D eigenvalue weighted by Gasteiger charge is -2.53. The van der Waals surface area contributed by atoms with E-state index in [9.17, 15) is 9.90 Å². The molecule has 0 aromatic carbocycles. The summed E-state index contributed by atoms with van der Waals surface area (Å²) in [5, 5.41) is 10.7. The smallest absolute Gasteiger partial charge is 0.155 e. The molecule has 0 aromatic heterocycles. The highest BCUT2D eigenvalue weighted by molar-refractivity contribution is 5.91. The van der Waals surface area contributed by atoms with Crippen LogP contribution >= 0.6 is 0 Å². The fraction of sp³-hybridized carbons (Fsp3) is 0.842. The summed E-state index contributed by atoms with van der Waals surface area (Å²) in [6.45, 7) is 4.58. The van der Waals surface area contributed by atoms with Gasteiger partial charge in [-0.3, -0.25) is 4.79 Å². The molecular weight excluding hydrogens is 260 g/mol. The third-order valence-corrected chi connectivity index (χ3v) is 7.58. The van der Waals surface area contributed by atoms with Crippen molar-refractivity contribution < 1.29 is 9.90 Å². The summed E-state index contributed by atoms with van der Waals surface area (Å²) >= 11 is 0. The molecule has 0 radical (unpaired) electrons. The van der Waals surface area contributed by atoms with Crippen LogP contribution in [0.3, 0.4) is 0 Å². The van der Waals surface area contributed by atoms with Crippen molar-refractivity contribution in [1.82, 2.24) is 0 Å². The van der Waals surface area contributed by atoms with Crippen LogP contribution in [-0.2, 0) is 4.79 Å². The van der Waals surface area contributed by atoms with Crippen molar-refractivity contribution in [2.75, 3.05) is 0 Å². The first kappa shape index (κ1) is 14.0. The first-order valence-corrected chi connectivity index (χ1v) is 8.92. The third-order valence-electron chi connectivity index (χ3n) is 7.58. The predicted molar refractivity (Wildman–Crippen MR) is 82.6 cm³/mol. The quantitative estimate of drug-likeness (QED) is 0.737. The summed E-state index contributed by atoms with van der Waals surface area (Å²) in [6, 6.07) is 0. The molecule has 0 amide bonds. The molecule has 2 heteroatoms. The van der Waals surface area contributed by atoms with E-state index in [1.54, 1.807) is 0 Å². The number of rotatable bonds is 0. The molecule has 2 nitrogen and oxygen atoms in total. The molecule has 0 heterocycles. The molecule has 0 saturated heterocycles. The molecule has 4 aliphatic rings. The van der Waals surface area contributed by atoms with Crippen LogP contribution in [0.1, 0.15) is 58.8 Å². The molecule has 4 aliphatic carbocycles. The summed E-state index contributed by atoms with van der Waals surface area (Å²) in [7, 11) is 0. The van der Waals surface area contributed by atoms with Gasteiger partial charge in [-0.25, -0.2) is 0 Å². The van der Waals surface area contributed by atoms with Gasteiger partial charge in [0.1, 0.15) is 0 Å². The fourth-order valence-electron chi connectivity index (χ4n) is 6.52. The Morgan fingerprint density at radius 2 is 2.00 bits per heavy atom. The fourth-order valence-corrected chi connectivity index (χ4v) is 6.52. The highest BCUT2D eigenvalue weighted by Crippen LogP contribution is 2.62. The molecule has 3 fully saturated rings. The summed E-state index contributed by atoms with van der Waals surface area (Å²) in [5.74, 6) is 3.78. The SMILES string of the molecule is CC1CC2C3CCC4=CC(=O)CCC4C3CCC2(C)C1O. The summed E-state index contributed by atoms with van der Waals surface area (Å²) < 4.78 is 0. The Balaban J connectivity index is 1.64. The van der Waals surface area contributed by atoms with E-state index in [0.717, 1.165) is 31.1 Å². The lowest BCUT2D eigenvalue weighted by molar-refractivity contribution is -0.116. The van der Waals surface area contributed by atoms with Gasteiger partial charge in [-0.2, -0.15) is 0 Å². The average Bonchev–Trinajstić information content (AvgIpc) is 2.70. The molecule has 0 aromatic rings. The number of carbonyl (C=O) groups is 1. The van der Waals surface area contributed by atoms with Crippen LogP contribution in [-0.4, -0.2) is 17.0 Å². The zero-order valence-corrected chi connectivity index (χ0v) is 13.3. The van der Waals surface area contributed by atoms with Crippen LogP contribution in [0.5, 0.6) is 0 Å². The van der Waals surface area contributed by atoms with Gasteiger partial charge in [0, 0.05) is 6.42 Å². The molecule has 7 unspecified atom stereocenters. The monoisotopic (exact) mass is 288 g/mol. The van der Waals surface area contributed by atoms with Gasteiger partial charge in [-0.1, -0.05) is 19.4 Å². The number of hydrogen-bond donors (Lipinski definition) is 1. The maximum absolute atomic E-state index is 11.7. The zero-order valence-electron chi connectivity index (χ0n) is 13.3. The normalized spacial score (nSPS) is 52.7. The molecule has 4 rings (SSSR count). The predicted octanol–water partition coefficient (Wildman–Crippen LogP) is 3.74. The number of fused-ring (bicyclic) bond motifs is 5. The third kappa shape index (κ3) is 1.91. The standard InChI is InChI=1S/C19H28O2/c1-11-9-17-16-5-3-12-10-13(20)4-6-14(12)15(16)7-8-19(17,2)18(11)21/h10-11,14-18,21H,3-9H2,1-2H3. The summed E-state index contributed by atoms with van der Waals surface area (Å²) in [5.41, 5.74) is 1.62. The van der Waals surface area contributed by atoms with Crippen LogP contribution in [0.15, 0.2) is 11.6 Å². The topological polar surface area (TPSA) is 37.3 Å². The molecular formula is C19H28O2. The molecule has 0 bridgehead atoms. The van der Waals surface area contributed by atoms with Gasteiger partial charge in [0.25, 0.3) is 0 Å². The highest BCUT2D eigenvalue weighted by Gasteiger charge is 2.57. The number of aliphatic hydroxyl groups is 1. The molecule has 0 spiro atoms. The second kappa shape index (κ2) is 4.68. The van der Waals surface area contributed by atoms with Crippen molar-refractivity contribution in [3.05, 3.63) is 11.6 Å². The molecule has 7 atom stereocenters. The summed E-state index contributed by atoms with van der Waals surface area (Å²) in [4.78, 5) is 11.7. The second-order valence-corrected chi connectivity index (χ2v) is 8.51. The number of aliphatic hydroxyl groups excluding tert-OH is 1. The van der Waals surface area contributed by atoms with E-state index in [-0.39, 0.29) is 11.5 Å². The number of ketones is 1. The Labute approximate surface area is 128 Å². The lowest BCUT2D eigenvalue weighted by atomic mass is 9.52. The van der Waals surface area contributed by atoms with Gasteiger partial charge >= 0.3 is 0 Å². The van der Waals surface area contributed by atoms with Crippen molar-refractivity contribution in [2.24, 2.45) is 35.0 Å². The molecule has 1 N–H and O–H groups in total. The van der Waals surface area contributed by atoms with E-state index in [1.807, 2.05) is 6.08 Å². The number of hydrogen-bond acceptors (Lipinski definition) is 2. The Hall–Kier alpha value is -0.630. The second-order valence-electron chi connectivity index (χ2n) is 8.51. The maximum atomic E-state index is 11.7. The van der Waals surface area contributed by atoms with Crippen molar-refractivity contribution in [2.45, 2.75) is 64.9 Å². The maximum Gasteiger partial charge on any atom is 0.155 e.